The van der Waals surface area contributed by atoms with Gasteiger partial charge in [-0.15, -0.1) is 0 Å². The average molecular weight is 584 g/mol. The lowest BCUT2D eigenvalue weighted by Crippen LogP contribution is -2.31. The Kier molecular flexibility index (Phi) is 8.38. The summed E-state index contributed by atoms with van der Waals surface area (Å²) in [5, 5.41) is -0.0330. The maximum absolute atomic E-state index is 13.7. The first kappa shape index (κ1) is 25.1. The van der Waals surface area contributed by atoms with Gasteiger partial charge in [-0.2, -0.15) is 4.31 Å². The van der Waals surface area contributed by atoms with E-state index in [-0.39, 0.29) is 18.1 Å². The summed E-state index contributed by atoms with van der Waals surface area (Å²) in [5.41, 5.74) is 1.36. The van der Waals surface area contributed by atoms with Gasteiger partial charge in [0.25, 0.3) is 10.0 Å². The third-order valence-corrected chi connectivity index (χ3v) is 7.34. The lowest BCUT2D eigenvalue weighted by molar-refractivity contribution is 0.357. The van der Waals surface area contributed by atoms with E-state index in [9.17, 15) is 8.42 Å². The van der Waals surface area contributed by atoms with Crippen LogP contribution in [0.4, 0.5) is 0 Å². The molecule has 1 aromatic heterocycles. The second-order valence-corrected chi connectivity index (χ2v) is 10.1. The van der Waals surface area contributed by atoms with Crippen molar-refractivity contribution in [2.45, 2.75) is 18.1 Å². The van der Waals surface area contributed by atoms with Gasteiger partial charge in [0.2, 0.25) is 0 Å². The van der Waals surface area contributed by atoms with Gasteiger partial charge in [0, 0.05) is 46.1 Å². The Hall–Kier alpha value is -2.57. The number of pyridine rings is 1. The monoisotopic (exact) mass is 584 g/mol. The number of hydrogen-bond donors (Lipinski definition) is 0. The van der Waals surface area contributed by atoms with E-state index < -0.39 is 10.0 Å². The van der Waals surface area contributed by atoms with Crippen LogP contribution in [0.5, 0.6) is 23.0 Å². The molecule has 0 aliphatic heterocycles. The van der Waals surface area contributed by atoms with Crippen LogP contribution in [0, 0.1) is 3.57 Å². The molecular weight excluding hydrogens is 559 g/mol. The summed E-state index contributed by atoms with van der Waals surface area (Å²) in [6, 6.07) is 13.8. The molecule has 0 saturated heterocycles. The number of benzene rings is 2. The standard InChI is InChI=1S/C23H25IN2O6S/c1-29-19-7-5-16(21(12-19)31-3)14-26(33(27,28)23-11-18(24)9-10-25-23)15-17-6-8-20(30-2)13-22(17)32-4/h5-13H,14-15H2,1-4H3. The summed E-state index contributed by atoms with van der Waals surface area (Å²) in [6.07, 6.45) is 1.48. The van der Waals surface area contributed by atoms with E-state index >= 15 is 0 Å². The molecule has 0 unspecified atom stereocenters. The molecule has 33 heavy (non-hydrogen) atoms. The van der Waals surface area contributed by atoms with Crippen molar-refractivity contribution in [1.29, 1.82) is 0 Å². The van der Waals surface area contributed by atoms with Gasteiger partial charge in [0.05, 0.1) is 28.4 Å². The molecule has 0 aliphatic rings. The van der Waals surface area contributed by atoms with Crippen LogP contribution in [-0.2, 0) is 23.1 Å². The van der Waals surface area contributed by atoms with Crippen LogP contribution in [-0.4, -0.2) is 46.1 Å². The van der Waals surface area contributed by atoms with Crippen LogP contribution in [0.2, 0.25) is 0 Å². The third kappa shape index (κ3) is 5.87. The zero-order valence-corrected chi connectivity index (χ0v) is 21.7. The quantitative estimate of drug-likeness (QED) is 0.332. The number of rotatable bonds is 10. The highest BCUT2D eigenvalue weighted by molar-refractivity contribution is 14.1. The molecule has 0 bridgehead atoms. The molecule has 176 valence electrons. The van der Waals surface area contributed by atoms with Crippen molar-refractivity contribution in [3.63, 3.8) is 0 Å². The average Bonchev–Trinajstić information content (AvgIpc) is 2.83. The highest BCUT2D eigenvalue weighted by atomic mass is 127. The number of aromatic nitrogens is 1. The second-order valence-electron chi connectivity index (χ2n) is 6.94. The van der Waals surface area contributed by atoms with Crippen LogP contribution in [0.25, 0.3) is 0 Å². The van der Waals surface area contributed by atoms with Gasteiger partial charge < -0.3 is 18.9 Å². The smallest absolute Gasteiger partial charge is 0.261 e. The van der Waals surface area contributed by atoms with Crippen LogP contribution in [0.1, 0.15) is 11.1 Å². The Labute approximate surface area is 207 Å². The number of halogens is 1. The zero-order chi connectivity index (χ0) is 24.0. The first-order valence-corrected chi connectivity index (χ1v) is 12.4. The molecule has 3 rings (SSSR count). The van der Waals surface area contributed by atoms with Crippen LogP contribution < -0.4 is 18.9 Å². The molecule has 0 radical (unpaired) electrons. The predicted molar refractivity (Wildman–Crippen MR) is 132 cm³/mol. The Balaban J connectivity index is 2.07. The molecule has 0 saturated carbocycles. The minimum Gasteiger partial charge on any atom is -0.497 e. The molecule has 2 aromatic carbocycles. The van der Waals surface area contributed by atoms with Gasteiger partial charge in [0.15, 0.2) is 5.03 Å². The van der Waals surface area contributed by atoms with Crippen molar-refractivity contribution in [2.24, 2.45) is 0 Å². The van der Waals surface area contributed by atoms with Gasteiger partial charge in [-0.1, -0.05) is 12.1 Å². The molecule has 1 heterocycles. The van der Waals surface area contributed by atoms with Gasteiger partial charge in [0.1, 0.15) is 23.0 Å². The molecule has 0 aliphatic carbocycles. The minimum atomic E-state index is -3.96. The number of nitrogens with zero attached hydrogens (tertiary/aromatic N) is 2. The fourth-order valence-corrected chi connectivity index (χ4v) is 5.25. The van der Waals surface area contributed by atoms with Crippen LogP contribution in [0.3, 0.4) is 0 Å². The maximum atomic E-state index is 13.7. The minimum absolute atomic E-state index is 0.0330. The zero-order valence-electron chi connectivity index (χ0n) is 18.7. The topological polar surface area (TPSA) is 87.2 Å². The van der Waals surface area contributed by atoms with E-state index in [1.807, 2.05) is 0 Å². The fraction of sp³-hybridized carbons (Fsp3) is 0.261. The van der Waals surface area contributed by atoms with Crippen molar-refractivity contribution < 1.29 is 27.4 Å². The Morgan fingerprint density at radius 2 is 1.30 bits per heavy atom. The molecule has 0 atom stereocenters. The Morgan fingerprint density at radius 1 is 0.788 bits per heavy atom. The molecule has 0 spiro atoms. The lowest BCUT2D eigenvalue weighted by Gasteiger charge is -2.24. The summed E-state index contributed by atoms with van der Waals surface area (Å²) >= 11 is 2.06. The summed E-state index contributed by atoms with van der Waals surface area (Å²) in [7, 11) is 2.23. The van der Waals surface area contributed by atoms with Crippen molar-refractivity contribution in [3.05, 3.63) is 69.4 Å². The summed E-state index contributed by atoms with van der Waals surface area (Å²) in [4.78, 5) is 4.12. The molecule has 10 heteroatoms. The lowest BCUT2D eigenvalue weighted by atomic mass is 10.1. The first-order valence-electron chi connectivity index (χ1n) is 9.86. The number of sulfonamides is 1. The number of methoxy groups -OCH3 is 4. The van der Waals surface area contributed by atoms with E-state index in [4.69, 9.17) is 18.9 Å². The SMILES string of the molecule is COc1ccc(CN(Cc2ccc(OC)cc2OC)S(=O)(=O)c2cc(I)ccn2)c(OC)c1. The second kappa shape index (κ2) is 11.0. The molecule has 3 aromatic rings. The summed E-state index contributed by atoms with van der Waals surface area (Å²) in [5.74, 6) is 2.26. The highest BCUT2D eigenvalue weighted by Crippen LogP contribution is 2.31. The largest absolute Gasteiger partial charge is 0.497 e. The Bertz CT molecular complexity index is 1160. The van der Waals surface area contributed by atoms with Crippen molar-refractivity contribution in [1.82, 2.24) is 9.29 Å². The first-order chi connectivity index (χ1) is 15.8. The summed E-state index contributed by atoms with van der Waals surface area (Å²) < 4.78 is 51.0. The van der Waals surface area contributed by atoms with Gasteiger partial charge in [-0.25, -0.2) is 13.4 Å². The Morgan fingerprint density at radius 3 is 1.73 bits per heavy atom. The normalized spacial score (nSPS) is 11.3. The molecule has 0 fully saturated rings. The van der Waals surface area contributed by atoms with E-state index in [1.54, 1.807) is 62.8 Å². The maximum Gasteiger partial charge on any atom is 0.261 e. The van der Waals surface area contributed by atoms with Crippen LogP contribution in [0.15, 0.2) is 59.8 Å². The van der Waals surface area contributed by atoms with Gasteiger partial charge in [-0.3, -0.25) is 0 Å². The van der Waals surface area contributed by atoms with Crippen molar-refractivity contribution in [2.75, 3.05) is 28.4 Å². The van der Waals surface area contributed by atoms with Gasteiger partial charge in [-0.05, 0) is 46.9 Å². The third-order valence-electron chi connectivity index (χ3n) is 4.98. The predicted octanol–water partition coefficient (Wildman–Crippen LogP) is 4.11. The molecular formula is C23H25IN2O6S. The number of ether oxygens (including phenoxy) is 4. The van der Waals surface area contributed by atoms with E-state index in [0.717, 1.165) is 3.57 Å². The molecule has 8 nitrogen and oxygen atoms in total. The van der Waals surface area contributed by atoms with E-state index in [2.05, 4.69) is 27.6 Å². The van der Waals surface area contributed by atoms with Crippen molar-refractivity contribution >= 4 is 32.6 Å². The van der Waals surface area contributed by atoms with E-state index in [0.29, 0.717) is 34.1 Å². The molecule has 0 N–H and O–H groups in total. The number of hydrogen-bond acceptors (Lipinski definition) is 7. The highest BCUT2D eigenvalue weighted by Gasteiger charge is 2.28. The van der Waals surface area contributed by atoms with Crippen LogP contribution >= 0.6 is 22.6 Å². The summed E-state index contributed by atoms with van der Waals surface area (Å²) in [6.45, 7) is 0.107. The van der Waals surface area contributed by atoms with Crippen molar-refractivity contribution in [3.8, 4) is 23.0 Å². The molecule has 0 amide bonds. The van der Waals surface area contributed by atoms with Gasteiger partial charge >= 0.3 is 0 Å². The fourth-order valence-electron chi connectivity index (χ4n) is 3.23. The van der Waals surface area contributed by atoms with E-state index in [1.165, 1.54) is 24.7 Å².